The molecule has 7 atom stereocenters. The summed E-state index contributed by atoms with van der Waals surface area (Å²) in [5.41, 5.74) is 0.872. The molecule has 9 nitrogen and oxygen atoms in total. The molecule has 4 N–H and O–H groups in total. The summed E-state index contributed by atoms with van der Waals surface area (Å²) in [6.45, 7) is 3.25. The van der Waals surface area contributed by atoms with Crippen molar-refractivity contribution in [3.63, 3.8) is 0 Å². The summed E-state index contributed by atoms with van der Waals surface area (Å²) in [6.07, 6.45) is -3.61. The Hall–Kier alpha value is -1.75. The molecule has 1 saturated heterocycles. The second-order valence-corrected chi connectivity index (χ2v) is 5.89. The lowest BCUT2D eigenvalue weighted by molar-refractivity contribution is -0.336. The number of aliphatic hydroxyl groups excluding tert-OH is 4. The fraction of sp³-hybridized carbons (Fsp3) is 0.562. The molecule has 9 heteroatoms. The fourth-order valence-corrected chi connectivity index (χ4v) is 2.98. The van der Waals surface area contributed by atoms with Crippen molar-refractivity contribution in [2.75, 3.05) is 13.2 Å². The molecule has 0 aromatic carbocycles. The molecule has 1 unspecified atom stereocenters. The highest BCUT2D eigenvalue weighted by Crippen LogP contribution is 2.35. The third kappa shape index (κ3) is 3.22. The van der Waals surface area contributed by atoms with E-state index in [2.05, 4.69) is 6.58 Å². The normalized spacial score (nSPS) is 41.0. The van der Waals surface area contributed by atoms with E-state index in [9.17, 15) is 25.2 Å². The van der Waals surface area contributed by atoms with Gasteiger partial charge in [0.2, 0.25) is 6.29 Å². The number of esters is 1. The zero-order valence-electron chi connectivity index (χ0n) is 13.2. The lowest BCUT2D eigenvalue weighted by atomic mass is 9.89. The molecule has 0 spiro atoms. The number of cyclic esters (lactones) is 1. The average Bonchev–Trinajstić information content (AvgIpc) is 2.62. The number of fused-ring (bicyclic) bond motifs is 1. The Morgan fingerprint density at radius 2 is 2.00 bits per heavy atom. The van der Waals surface area contributed by atoms with Gasteiger partial charge in [-0.05, 0) is 11.6 Å². The molecule has 3 heterocycles. The average molecular weight is 356 g/mol. The minimum absolute atomic E-state index is 0.114. The van der Waals surface area contributed by atoms with Crippen molar-refractivity contribution in [1.29, 1.82) is 0 Å². The van der Waals surface area contributed by atoms with Crippen LogP contribution in [0.15, 0.2) is 36.1 Å². The van der Waals surface area contributed by atoms with E-state index in [0.717, 1.165) is 0 Å². The molecule has 0 aromatic heterocycles. The Morgan fingerprint density at radius 1 is 1.24 bits per heavy atom. The van der Waals surface area contributed by atoms with E-state index in [-0.39, 0.29) is 12.2 Å². The Morgan fingerprint density at radius 3 is 2.68 bits per heavy atom. The maximum atomic E-state index is 11.8. The van der Waals surface area contributed by atoms with Gasteiger partial charge in [-0.3, -0.25) is 0 Å². The Labute approximate surface area is 143 Å². The summed E-state index contributed by atoms with van der Waals surface area (Å²) in [6, 6.07) is 0. The van der Waals surface area contributed by atoms with E-state index in [1.54, 1.807) is 6.08 Å². The molecule has 0 saturated carbocycles. The van der Waals surface area contributed by atoms with E-state index in [1.807, 2.05) is 0 Å². The maximum absolute atomic E-state index is 11.8. The molecule has 3 aliphatic heterocycles. The summed E-state index contributed by atoms with van der Waals surface area (Å²) >= 11 is 0. The SMILES string of the molecule is C=C[C@@H]1C2=CCOC(=O)C2=COC1O[C@@H]1O[C@H](CO)[C@@H](O)[C@H](O)[C@H]1O. The van der Waals surface area contributed by atoms with Crippen molar-refractivity contribution in [2.45, 2.75) is 37.0 Å². The molecule has 1 fully saturated rings. The highest BCUT2D eigenvalue weighted by Gasteiger charge is 2.46. The number of hydrogen-bond acceptors (Lipinski definition) is 9. The molecule has 3 aliphatic rings. The topological polar surface area (TPSA) is 135 Å². The largest absolute Gasteiger partial charge is 0.471 e. The number of carbonyl (C=O) groups is 1. The molecule has 138 valence electrons. The number of ether oxygens (including phenoxy) is 4. The molecule has 3 rings (SSSR count). The van der Waals surface area contributed by atoms with Crippen LogP contribution in [0.4, 0.5) is 0 Å². The summed E-state index contributed by atoms with van der Waals surface area (Å²) in [5, 5.41) is 38.9. The smallest absolute Gasteiger partial charge is 0.341 e. The van der Waals surface area contributed by atoms with Gasteiger partial charge >= 0.3 is 5.97 Å². The minimum Gasteiger partial charge on any atom is -0.471 e. The van der Waals surface area contributed by atoms with E-state index < -0.39 is 55.5 Å². The van der Waals surface area contributed by atoms with Crippen LogP contribution in [0.3, 0.4) is 0 Å². The van der Waals surface area contributed by atoms with Gasteiger partial charge in [-0.25, -0.2) is 4.79 Å². The predicted octanol–water partition coefficient (Wildman–Crippen LogP) is -1.67. The van der Waals surface area contributed by atoms with Gasteiger partial charge in [-0.1, -0.05) is 6.08 Å². The first-order valence-electron chi connectivity index (χ1n) is 7.79. The van der Waals surface area contributed by atoms with Crippen LogP contribution in [0.25, 0.3) is 0 Å². The highest BCUT2D eigenvalue weighted by atomic mass is 16.8. The van der Waals surface area contributed by atoms with Crippen LogP contribution in [-0.4, -0.2) is 76.6 Å². The van der Waals surface area contributed by atoms with Crippen LogP contribution < -0.4 is 0 Å². The van der Waals surface area contributed by atoms with Gasteiger partial charge in [0.05, 0.1) is 18.1 Å². The molecule has 0 radical (unpaired) electrons. The summed E-state index contributed by atoms with van der Waals surface area (Å²) in [4.78, 5) is 11.8. The first-order valence-corrected chi connectivity index (χ1v) is 7.79. The number of aliphatic hydroxyl groups is 4. The Kier molecular flexibility index (Phi) is 5.23. The monoisotopic (exact) mass is 356 g/mol. The molecule has 0 aliphatic carbocycles. The van der Waals surface area contributed by atoms with Crippen molar-refractivity contribution >= 4 is 5.97 Å². The number of hydrogen-bond donors (Lipinski definition) is 4. The van der Waals surface area contributed by atoms with Crippen molar-refractivity contribution in [1.82, 2.24) is 0 Å². The lowest BCUT2D eigenvalue weighted by Crippen LogP contribution is -2.60. The van der Waals surface area contributed by atoms with Gasteiger partial charge in [-0.2, -0.15) is 0 Å². The van der Waals surface area contributed by atoms with Gasteiger partial charge in [0.1, 0.15) is 37.3 Å². The first-order chi connectivity index (χ1) is 12.0. The zero-order chi connectivity index (χ0) is 18.1. The van der Waals surface area contributed by atoms with Gasteiger partial charge < -0.3 is 39.4 Å². The van der Waals surface area contributed by atoms with Crippen molar-refractivity contribution < 1.29 is 44.2 Å². The molecule has 0 aromatic rings. The third-order valence-electron chi connectivity index (χ3n) is 4.39. The second kappa shape index (κ2) is 7.24. The first kappa shape index (κ1) is 18.1. The third-order valence-corrected chi connectivity index (χ3v) is 4.39. The van der Waals surface area contributed by atoms with E-state index in [4.69, 9.17) is 18.9 Å². The summed E-state index contributed by atoms with van der Waals surface area (Å²) in [7, 11) is 0. The van der Waals surface area contributed by atoms with Gasteiger partial charge in [-0.15, -0.1) is 6.58 Å². The number of rotatable bonds is 4. The van der Waals surface area contributed by atoms with Crippen LogP contribution in [0.5, 0.6) is 0 Å². The quantitative estimate of drug-likeness (QED) is 0.344. The standard InChI is InChI=1S/C16H20O9/c1-2-7-8-3-4-22-14(21)9(8)6-23-15(7)25-16-13(20)12(19)11(18)10(5-17)24-16/h2-3,6-7,10-13,15-20H,1,4-5H2/t7-,10-,11-,12+,13-,15?,16+/m1/s1. The van der Waals surface area contributed by atoms with Crippen molar-refractivity contribution in [3.8, 4) is 0 Å². The minimum atomic E-state index is -1.56. The van der Waals surface area contributed by atoms with Crippen LogP contribution >= 0.6 is 0 Å². The van der Waals surface area contributed by atoms with Crippen molar-refractivity contribution in [3.05, 3.63) is 36.1 Å². The molecule has 0 bridgehead atoms. The van der Waals surface area contributed by atoms with Crippen LogP contribution in [0.2, 0.25) is 0 Å². The van der Waals surface area contributed by atoms with Crippen LogP contribution in [-0.2, 0) is 23.7 Å². The van der Waals surface area contributed by atoms with E-state index in [0.29, 0.717) is 5.57 Å². The summed E-state index contributed by atoms with van der Waals surface area (Å²) < 4.78 is 21.2. The van der Waals surface area contributed by atoms with Crippen LogP contribution in [0, 0.1) is 5.92 Å². The van der Waals surface area contributed by atoms with Gasteiger partial charge in [0, 0.05) is 0 Å². The molecule has 0 amide bonds. The Balaban J connectivity index is 1.78. The number of carbonyl (C=O) groups excluding carboxylic acids is 1. The molecule has 25 heavy (non-hydrogen) atoms. The fourth-order valence-electron chi connectivity index (χ4n) is 2.98. The van der Waals surface area contributed by atoms with Crippen LogP contribution in [0.1, 0.15) is 0 Å². The van der Waals surface area contributed by atoms with Gasteiger partial charge in [0.25, 0.3) is 0 Å². The molecular formula is C16H20O9. The zero-order valence-corrected chi connectivity index (χ0v) is 13.2. The van der Waals surface area contributed by atoms with E-state index >= 15 is 0 Å². The Bertz CT molecular complexity index is 596. The van der Waals surface area contributed by atoms with Gasteiger partial charge in [0.15, 0.2) is 6.29 Å². The van der Waals surface area contributed by atoms with Crippen molar-refractivity contribution in [2.24, 2.45) is 5.92 Å². The second-order valence-electron chi connectivity index (χ2n) is 5.89. The summed E-state index contributed by atoms with van der Waals surface area (Å²) in [5.74, 6) is -1.06. The lowest BCUT2D eigenvalue weighted by Gasteiger charge is -2.42. The predicted molar refractivity (Wildman–Crippen MR) is 80.5 cm³/mol. The highest BCUT2D eigenvalue weighted by molar-refractivity contribution is 5.94. The molecular weight excluding hydrogens is 336 g/mol. The maximum Gasteiger partial charge on any atom is 0.341 e. The van der Waals surface area contributed by atoms with E-state index in [1.165, 1.54) is 12.3 Å².